The van der Waals surface area contributed by atoms with Crippen molar-refractivity contribution in [2.45, 2.75) is 13.8 Å². The highest BCUT2D eigenvalue weighted by Gasteiger charge is 2.18. The minimum Gasteiger partial charge on any atom is -0.293 e. The van der Waals surface area contributed by atoms with Crippen LogP contribution in [0, 0.1) is 16.0 Å². The van der Waals surface area contributed by atoms with Crippen LogP contribution in [0.4, 0.5) is 5.69 Å². The van der Waals surface area contributed by atoms with Crippen molar-refractivity contribution in [1.82, 2.24) is 9.78 Å². The van der Waals surface area contributed by atoms with Crippen LogP contribution in [0.1, 0.15) is 23.5 Å². The number of nitro groups is 1. The Labute approximate surface area is 177 Å². The number of Topliss-reactive ketones (excluding diaryl/α,β-unsaturated/α-hetero) is 1. The standard InChI is InChI=1S/C23H19N3O3S/c1-15(2)23(27)22-13-12-21(30-22)20-14-19(16-6-4-3-5-7-16)24-25(20)17-8-10-18(11-9-17)26(28)29/h3-15H,1-2H3. The lowest BCUT2D eigenvalue weighted by Crippen LogP contribution is -2.04. The molecule has 0 amide bonds. The molecule has 2 aromatic carbocycles. The molecule has 0 saturated carbocycles. The number of aromatic nitrogens is 2. The van der Waals surface area contributed by atoms with Crippen molar-refractivity contribution < 1.29 is 9.72 Å². The van der Waals surface area contributed by atoms with Gasteiger partial charge >= 0.3 is 0 Å². The Bertz CT molecular complexity index is 1210. The van der Waals surface area contributed by atoms with Crippen LogP contribution in [0.25, 0.3) is 27.5 Å². The summed E-state index contributed by atoms with van der Waals surface area (Å²) in [7, 11) is 0. The molecule has 0 unspecified atom stereocenters. The number of thiophene rings is 1. The highest BCUT2D eigenvalue weighted by Crippen LogP contribution is 2.34. The molecule has 0 saturated heterocycles. The van der Waals surface area contributed by atoms with E-state index in [9.17, 15) is 14.9 Å². The maximum absolute atomic E-state index is 12.4. The van der Waals surface area contributed by atoms with E-state index >= 15 is 0 Å². The molecule has 4 aromatic rings. The molecule has 0 bridgehead atoms. The van der Waals surface area contributed by atoms with E-state index in [-0.39, 0.29) is 17.4 Å². The van der Waals surface area contributed by atoms with Gasteiger partial charge in [-0.05, 0) is 30.3 Å². The van der Waals surface area contributed by atoms with Crippen LogP contribution < -0.4 is 0 Å². The fourth-order valence-electron chi connectivity index (χ4n) is 3.11. The molecular formula is C23H19N3O3S. The van der Waals surface area contributed by atoms with Gasteiger partial charge in [0.1, 0.15) is 0 Å². The summed E-state index contributed by atoms with van der Waals surface area (Å²) in [5.41, 5.74) is 3.32. The number of rotatable bonds is 6. The normalized spacial score (nSPS) is 11.0. The van der Waals surface area contributed by atoms with Gasteiger partial charge in [0.15, 0.2) is 5.78 Å². The summed E-state index contributed by atoms with van der Waals surface area (Å²) in [5.74, 6) is 0.0342. The van der Waals surface area contributed by atoms with Crippen LogP contribution in [-0.4, -0.2) is 20.5 Å². The van der Waals surface area contributed by atoms with Crippen molar-refractivity contribution in [3.63, 3.8) is 0 Å². The van der Waals surface area contributed by atoms with E-state index in [1.54, 1.807) is 16.8 Å². The molecule has 0 radical (unpaired) electrons. The van der Waals surface area contributed by atoms with Gasteiger partial charge in [-0.3, -0.25) is 14.9 Å². The van der Waals surface area contributed by atoms with Crippen LogP contribution >= 0.6 is 11.3 Å². The van der Waals surface area contributed by atoms with Crippen molar-refractivity contribution >= 4 is 22.8 Å². The molecule has 2 heterocycles. The Morgan fingerprint density at radius 2 is 1.73 bits per heavy atom. The van der Waals surface area contributed by atoms with Gasteiger partial charge in [-0.15, -0.1) is 11.3 Å². The SMILES string of the molecule is CC(C)C(=O)c1ccc(-c2cc(-c3ccccc3)nn2-c2ccc([N+](=O)[O-])cc2)s1. The Kier molecular flexibility index (Phi) is 5.29. The summed E-state index contributed by atoms with van der Waals surface area (Å²) >= 11 is 1.43. The first-order chi connectivity index (χ1) is 14.4. The average Bonchev–Trinajstić information content (AvgIpc) is 3.41. The third kappa shape index (κ3) is 3.79. The fraction of sp³-hybridized carbons (Fsp3) is 0.130. The molecule has 4 rings (SSSR count). The Morgan fingerprint density at radius 1 is 1.03 bits per heavy atom. The van der Waals surface area contributed by atoms with E-state index in [0.29, 0.717) is 10.6 Å². The first-order valence-corrected chi connectivity index (χ1v) is 10.3. The van der Waals surface area contributed by atoms with E-state index < -0.39 is 4.92 Å². The van der Waals surface area contributed by atoms with Crippen LogP contribution in [0.15, 0.2) is 72.8 Å². The summed E-state index contributed by atoms with van der Waals surface area (Å²) in [4.78, 5) is 24.6. The molecule has 2 aromatic heterocycles. The van der Waals surface area contributed by atoms with E-state index in [0.717, 1.165) is 21.8 Å². The number of non-ortho nitro benzene ring substituents is 1. The first kappa shape index (κ1) is 19.7. The molecular weight excluding hydrogens is 398 g/mol. The summed E-state index contributed by atoms with van der Waals surface area (Å²) in [6.07, 6.45) is 0. The summed E-state index contributed by atoms with van der Waals surface area (Å²) in [6, 6.07) is 21.8. The second-order valence-corrected chi connectivity index (χ2v) is 8.23. The van der Waals surface area contributed by atoms with Crippen molar-refractivity contribution in [3.8, 4) is 27.5 Å². The Morgan fingerprint density at radius 3 is 2.37 bits per heavy atom. The van der Waals surface area contributed by atoms with Gasteiger partial charge in [0.2, 0.25) is 0 Å². The largest absolute Gasteiger partial charge is 0.293 e. The van der Waals surface area contributed by atoms with Crippen molar-refractivity contribution in [2.75, 3.05) is 0 Å². The zero-order valence-electron chi connectivity index (χ0n) is 16.5. The van der Waals surface area contributed by atoms with Crippen LogP contribution in [-0.2, 0) is 0 Å². The van der Waals surface area contributed by atoms with Gasteiger partial charge in [-0.25, -0.2) is 4.68 Å². The maximum atomic E-state index is 12.4. The van der Waals surface area contributed by atoms with Crippen molar-refractivity contribution in [1.29, 1.82) is 0 Å². The van der Waals surface area contributed by atoms with Crippen LogP contribution in [0.3, 0.4) is 0 Å². The molecule has 150 valence electrons. The molecule has 7 heteroatoms. The topological polar surface area (TPSA) is 78.0 Å². The predicted octanol–water partition coefficient (Wildman–Crippen LogP) is 6.01. The van der Waals surface area contributed by atoms with Crippen LogP contribution in [0.5, 0.6) is 0 Å². The molecule has 0 aliphatic rings. The van der Waals surface area contributed by atoms with Gasteiger partial charge in [0, 0.05) is 23.6 Å². The van der Waals surface area contributed by atoms with E-state index in [1.807, 2.05) is 62.4 Å². The molecule has 0 aliphatic carbocycles. The molecule has 0 aliphatic heterocycles. The van der Waals surface area contributed by atoms with Gasteiger partial charge in [-0.1, -0.05) is 44.2 Å². The number of nitro benzene ring substituents is 1. The fourth-order valence-corrected chi connectivity index (χ4v) is 4.21. The van der Waals surface area contributed by atoms with Crippen LogP contribution in [0.2, 0.25) is 0 Å². The Balaban J connectivity index is 1.83. The lowest BCUT2D eigenvalue weighted by molar-refractivity contribution is -0.384. The second-order valence-electron chi connectivity index (χ2n) is 7.15. The number of carbonyl (C=O) groups excluding carboxylic acids is 1. The van der Waals surface area contributed by atoms with E-state index in [1.165, 1.54) is 23.5 Å². The number of hydrogen-bond donors (Lipinski definition) is 0. The quantitative estimate of drug-likeness (QED) is 0.218. The zero-order chi connectivity index (χ0) is 21.3. The summed E-state index contributed by atoms with van der Waals surface area (Å²) < 4.78 is 1.77. The molecule has 6 nitrogen and oxygen atoms in total. The molecule has 0 atom stereocenters. The highest BCUT2D eigenvalue weighted by molar-refractivity contribution is 7.17. The lowest BCUT2D eigenvalue weighted by Gasteiger charge is -2.06. The summed E-state index contributed by atoms with van der Waals surface area (Å²) in [6.45, 7) is 3.77. The smallest absolute Gasteiger partial charge is 0.269 e. The first-order valence-electron chi connectivity index (χ1n) is 9.49. The number of nitrogens with zero attached hydrogens (tertiary/aromatic N) is 3. The number of ketones is 1. The number of carbonyl (C=O) groups is 1. The third-order valence-corrected chi connectivity index (χ3v) is 5.83. The second kappa shape index (κ2) is 8.04. The zero-order valence-corrected chi connectivity index (χ0v) is 17.3. The molecule has 30 heavy (non-hydrogen) atoms. The average molecular weight is 417 g/mol. The molecule has 0 fully saturated rings. The number of hydrogen-bond acceptors (Lipinski definition) is 5. The van der Waals surface area contributed by atoms with Gasteiger partial charge in [0.05, 0.1) is 31.8 Å². The van der Waals surface area contributed by atoms with Gasteiger partial charge in [0.25, 0.3) is 5.69 Å². The maximum Gasteiger partial charge on any atom is 0.269 e. The van der Waals surface area contributed by atoms with Gasteiger partial charge < -0.3 is 0 Å². The number of benzene rings is 2. The molecule has 0 spiro atoms. The minimum absolute atomic E-state index is 0.0247. The predicted molar refractivity (Wildman–Crippen MR) is 118 cm³/mol. The monoisotopic (exact) mass is 417 g/mol. The minimum atomic E-state index is -0.424. The van der Waals surface area contributed by atoms with E-state index in [4.69, 9.17) is 5.10 Å². The summed E-state index contributed by atoms with van der Waals surface area (Å²) in [5, 5.41) is 15.8. The van der Waals surface area contributed by atoms with E-state index in [2.05, 4.69) is 0 Å². The van der Waals surface area contributed by atoms with Crippen molar-refractivity contribution in [3.05, 3.63) is 87.8 Å². The van der Waals surface area contributed by atoms with Crippen molar-refractivity contribution in [2.24, 2.45) is 5.92 Å². The lowest BCUT2D eigenvalue weighted by atomic mass is 10.1. The van der Waals surface area contributed by atoms with Gasteiger partial charge in [-0.2, -0.15) is 5.10 Å². The Hall–Kier alpha value is -3.58. The molecule has 0 N–H and O–H groups in total. The highest BCUT2D eigenvalue weighted by atomic mass is 32.1. The third-order valence-electron chi connectivity index (χ3n) is 4.71.